The Morgan fingerprint density at radius 2 is 1.83 bits per heavy atom. The monoisotopic (exact) mass is 328 g/mol. The summed E-state index contributed by atoms with van der Waals surface area (Å²) < 4.78 is 0. The summed E-state index contributed by atoms with van der Waals surface area (Å²) in [5, 5.41) is 9.68. The fourth-order valence-electron chi connectivity index (χ4n) is 2.81. The molecule has 118 valence electrons. The van der Waals surface area contributed by atoms with Gasteiger partial charge in [0.1, 0.15) is 23.2 Å². The highest BCUT2D eigenvalue weighted by Gasteiger charge is 2.20. The van der Waals surface area contributed by atoms with E-state index in [9.17, 15) is 5.26 Å². The zero-order valence-corrected chi connectivity index (χ0v) is 13.4. The largest absolute Gasteiger partial charge is 0.382 e. The highest BCUT2D eigenvalue weighted by Crippen LogP contribution is 2.28. The Kier molecular flexibility index (Phi) is 4.49. The number of nitriles is 1. The highest BCUT2D eigenvalue weighted by atomic mass is 35.5. The molecule has 0 unspecified atom stereocenters. The van der Waals surface area contributed by atoms with Crippen molar-refractivity contribution in [2.75, 3.05) is 41.7 Å². The third-order valence-electron chi connectivity index (χ3n) is 3.96. The number of halogens is 1. The molecule has 0 bridgehead atoms. The molecule has 2 N–H and O–H groups in total. The maximum Gasteiger partial charge on any atom is 0.153 e. The Hall–Kier alpha value is -2.52. The van der Waals surface area contributed by atoms with Gasteiger partial charge in [-0.3, -0.25) is 0 Å². The van der Waals surface area contributed by atoms with Gasteiger partial charge in [0.25, 0.3) is 0 Å². The third kappa shape index (κ3) is 3.15. The van der Waals surface area contributed by atoms with Crippen LogP contribution >= 0.6 is 11.6 Å². The molecule has 7 heteroatoms. The number of aromatic nitrogens is 2. The minimum atomic E-state index is 0.299. The molecular formula is C16H17ClN6. The standard InChI is InChI=1S/C16H17ClN6/c17-14-15(19)20-11-21-16(14)23-7-3-6-22(8-9-23)13-5-2-1-4-12(13)10-18/h1-2,4-5,11H,3,6-9H2,(H2,19,20,21). The number of benzene rings is 1. The van der Waals surface area contributed by atoms with E-state index in [1.54, 1.807) is 0 Å². The first-order valence-corrected chi connectivity index (χ1v) is 7.83. The zero-order chi connectivity index (χ0) is 16.2. The van der Waals surface area contributed by atoms with E-state index < -0.39 is 0 Å². The molecule has 0 saturated carbocycles. The normalized spacial score (nSPS) is 15.1. The number of rotatable bonds is 2. The van der Waals surface area contributed by atoms with Gasteiger partial charge in [-0.25, -0.2) is 9.97 Å². The predicted octanol–water partition coefficient (Wildman–Crippen LogP) is 2.30. The predicted molar refractivity (Wildman–Crippen MR) is 91.7 cm³/mol. The van der Waals surface area contributed by atoms with E-state index in [2.05, 4.69) is 25.8 Å². The molecule has 1 aromatic carbocycles. The quantitative estimate of drug-likeness (QED) is 0.911. The van der Waals surface area contributed by atoms with Crippen molar-refractivity contribution in [3.63, 3.8) is 0 Å². The van der Waals surface area contributed by atoms with Crippen LogP contribution in [0.2, 0.25) is 5.02 Å². The van der Waals surface area contributed by atoms with Crippen LogP contribution in [0.15, 0.2) is 30.6 Å². The van der Waals surface area contributed by atoms with Crippen LogP contribution in [0.25, 0.3) is 0 Å². The van der Waals surface area contributed by atoms with Crippen molar-refractivity contribution in [1.82, 2.24) is 9.97 Å². The van der Waals surface area contributed by atoms with Crippen LogP contribution in [0.3, 0.4) is 0 Å². The fraction of sp³-hybridized carbons (Fsp3) is 0.312. The van der Waals surface area contributed by atoms with Gasteiger partial charge in [0.2, 0.25) is 0 Å². The second-order valence-electron chi connectivity index (χ2n) is 5.35. The number of nitrogen functional groups attached to an aromatic ring is 1. The van der Waals surface area contributed by atoms with Crippen LogP contribution < -0.4 is 15.5 Å². The molecule has 1 fully saturated rings. The summed E-state index contributed by atoms with van der Waals surface area (Å²) in [4.78, 5) is 12.5. The van der Waals surface area contributed by atoms with Gasteiger partial charge < -0.3 is 15.5 Å². The number of para-hydroxylation sites is 1. The van der Waals surface area contributed by atoms with Gasteiger partial charge in [-0.05, 0) is 18.6 Å². The number of anilines is 3. The van der Waals surface area contributed by atoms with Crippen molar-refractivity contribution in [2.24, 2.45) is 0 Å². The minimum absolute atomic E-state index is 0.299. The molecule has 0 spiro atoms. The Morgan fingerprint density at radius 3 is 2.65 bits per heavy atom. The van der Waals surface area contributed by atoms with Gasteiger partial charge in [-0.2, -0.15) is 5.26 Å². The highest BCUT2D eigenvalue weighted by molar-refractivity contribution is 6.35. The average Bonchev–Trinajstić information content (AvgIpc) is 2.83. The maximum absolute atomic E-state index is 9.28. The van der Waals surface area contributed by atoms with Crippen LogP contribution in [0.4, 0.5) is 17.3 Å². The second kappa shape index (κ2) is 6.71. The van der Waals surface area contributed by atoms with Crippen LogP contribution in [0.5, 0.6) is 0 Å². The van der Waals surface area contributed by atoms with E-state index >= 15 is 0 Å². The molecule has 6 nitrogen and oxygen atoms in total. The van der Waals surface area contributed by atoms with Crippen LogP contribution in [-0.2, 0) is 0 Å². The molecule has 2 aromatic rings. The van der Waals surface area contributed by atoms with Gasteiger partial charge in [0, 0.05) is 26.2 Å². The molecule has 23 heavy (non-hydrogen) atoms. The molecule has 0 radical (unpaired) electrons. The topological polar surface area (TPSA) is 82.1 Å². The van der Waals surface area contributed by atoms with Gasteiger partial charge in [0.05, 0.1) is 11.3 Å². The van der Waals surface area contributed by atoms with E-state index in [1.165, 1.54) is 6.33 Å². The summed E-state index contributed by atoms with van der Waals surface area (Å²) in [6.45, 7) is 3.27. The number of nitrogens with two attached hydrogens (primary N) is 1. The van der Waals surface area contributed by atoms with E-state index in [0.717, 1.165) is 38.3 Å². The average molecular weight is 329 g/mol. The van der Waals surface area contributed by atoms with Crippen molar-refractivity contribution in [2.45, 2.75) is 6.42 Å². The van der Waals surface area contributed by atoms with Crippen molar-refractivity contribution < 1.29 is 0 Å². The van der Waals surface area contributed by atoms with E-state index in [4.69, 9.17) is 17.3 Å². The molecule has 1 aliphatic rings. The first-order valence-electron chi connectivity index (χ1n) is 7.45. The molecule has 2 heterocycles. The van der Waals surface area contributed by atoms with E-state index in [-0.39, 0.29) is 0 Å². The zero-order valence-electron chi connectivity index (χ0n) is 12.6. The van der Waals surface area contributed by atoms with Gasteiger partial charge in [0.15, 0.2) is 5.82 Å². The maximum atomic E-state index is 9.28. The van der Waals surface area contributed by atoms with Crippen LogP contribution in [-0.4, -0.2) is 36.1 Å². The van der Waals surface area contributed by atoms with Gasteiger partial charge in [-0.15, -0.1) is 0 Å². The van der Waals surface area contributed by atoms with Gasteiger partial charge >= 0.3 is 0 Å². The second-order valence-corrected chi connectivity index (χ2v) is 5.73. The smallest absolute Gasteiger partial charge is 0.153 e. The first-order chi connectivity index (χ1) is 11.2. The summed E-state index contributed by atoms with van der Waals surface area (Å²) in [6.07, 6.45) is 2.38. The Bertz CT molecular complexity index is 742. The molecular weight excluding hydrogens is 312 g/mol. The molecule has 0 amide bonds. The first kappa shape index (κ1) is 15.4. The Morgan fingerprint density at radius 1 is 1.09 bits per heavy atom. The van der Waals surface area contributed by atoms with Crippen molar-refractivity contribution in [1.29, 1.82) is 5.26 Å². The molecule has 3 rings (SSSR count). The lowest BCUT2D eigenvalue weighted by Crippen LogP contribution is -2.31. The lowest BCUT2D eigenvalue weighted by Gasteiger charge is -2.25. The van der Waals surface area contributed by atoms with Crippen molar-refractivity contribution in [3.8, 4) is 6.07 Å². The van der Waals surface area contributed by atoms with Crippen LogP contribution in [0, 0.1) is 11.3 Å². The number of hydrogen-bond donors (Lipinski definition) is 1. The number of nitrogens with zero attached hydrogens (tertiary/aromatic N) is 5. The Balaban J connectivity index is 1.80. The van der Waals surface area contributed by atoms with Gasteiger partial charge in [-0.1, -0.05) is 23.7 Å². The van der Waals surface area contributed by atoms with E-state index in [0.29, 0.717) is 22.2 Å². The molecule has 0 atom stereocenters. The summed E-state index contributed by atoms with van der Waals surface area (Å²) in [6, 6.07) is 9.94. The van der Waals surface area contributed by atoms with E-state index in [1.807, 2.05) is 24.3 Å². The summed E-state index contributed by atoms with van der Waals surface area (Å²) in [5.41, 5.74) is 7.44. The number of hydrogen-bond acceptors (Lipinski definition) is 6. The molecule has 1 saturated heterocycles. The third-order valence-corrected chi connectivity index (χ3v) is 4.32. The molecule has 1 aromatic heterocycles. The summed E-state index contributed by atoms with van der Waals surface area (Å²) >= 11 is 6.23. The SMILES string of the molecule is N#Cc1ccccc1N1CCCN(c2ncnc(N)c2Cl)CC1. The van der Waals surface area contributed by atoms with Crippen LogP contribution in [0.1, 0.15) is 12.0 Å². The Labute approximate surface area is 140 Å². The van der Waals surface area contributed by atoms with Crippen molar-refractivity contribution >= 4 is 28.9 Å². The molecule has 1 aliphatic heterocycles. The summed E-state index contributed by atoms with van der Waals surface area (Å²) in [7, 11) is 0. The van der Waals surface area contributed by atoms with Crippen molar-refractivity contribution in [3.05, 3.63) is 41.2 Å². The minimum Gasteiger partial charge on any atom is -0.382 e. The summed E-state index contributed by atoms with van der Waals surface area (Å²) in [5.74, 6) is 0.974. The molecule has 0 aliphatic carbocycles. The lowest BCUT2D eigenvalue weighted by atomic mass is 10.1. The fourth-order valence-corrected chi connectivity index (χ4v) is 3.03. The lowest BCUT2D eigenvalue weighted by molar-refractivity contribution is 0.796.